The average molecular weight is 598 g/mol. The van der Waals surface area contributed by atoms with Gasteiger partial charge in [0.1, 0.15) is 23.3 Å². The van der Waals surface area contributed by atoms with Crippen LogP contribution in [0.15, 0.2) is 80.1 Å². The highest BCUT2D eigenvalue weighted by molar-refractivity contribution is 7.07. The number of furan rings is 1. The Bertz CT molecular complexity index is 1800. The molecule has 7 nitrogen and oxygen atoms in total. The Morgan fingerprint density at radius 2 is 1.93 bits per heavy atom. The summed E-state index contributed by atoms with van der Waals surface area (Å²) in [5.41, 5.74) is 1.93. The number of nitrogens with zero attached hydrogens (tertiary/aromatic N) is 2. The number of aromatic nitrogens is 1. The maximum Gasteiger partial charge on any atom is 0.338 e. The Hall–Kier alpha value is -3.59. The van der Waals surface area contributed by atoms with Crippen molar-refractivity contribution < 1.29 is 18.7 Å². The van der Waals surface area contributed by atoms with Crippen LogP contribution < -0.4 is 19.6 Å². The number of hydrogen-bond donors (Lipinski definition) is 0. The zero-order valence-corrected chi connectivity index (χ0v) is 24.4. The van der Waals surface area contributed by atoms with E-state index >= 15 is 0 Å². The van der Waals surface area contributed by atoms with E-state index in [1.807, 2.05) is 31.2 Å². The molecule has 0 radical (unpaired) electrons. The monoisotopic (exact) mass is 596 g/mol. The lowest BCUT2D eigenvalue weighted by Gasteiger charge is -2.27. The third kappa shape index (κ3) is 5.39. The van der Waals surface area contributed by atoms with Crippen molar-refractivity contribution in [1.29, 1.82) is 0 Å². The van der Waals surface area contributed by atoms with Gasteiger partial charge in [-0.15, -0.1) is 0 Å². The van der Waals surface area contributed by atoms with E-state index in [4.69, 9.17) is 42.1 Å². The molecule has 0 N–H and O–H groups in total. The fraction of sp³-hybridized carbons (Fsp3) is 0.233. The van der Waals surface area contributed by atoms with E-state index in [0.717, 1.165) is 12.0 Å². The second kappa shape index (κ2) is 11.9. The lowest BCUT2D eigenvalue weighted by atomic mass is 9.93. The number of benzene rings is 2. The van der Waals surface area contributed by atoms with Crippen LogP contribution in [0.3, 0.4) is 0 Å². The maximum atomic E-state index is 14.0. The van der Waals surface area contributed by atoms with Crippen molar-refractivity contribution in [3.63, 3.8) is 0 Å². The van der Waals surface area contributed by atoms with Gasteiger partial charge in [-0.3, -0.25) is 9.36 Å². The predicted molar refractivity (Wildman–Crippen MR) is 157 cm³/mol. The standard InChI is InChI=1S/C30H26Cl2N2O5S/c1-4-7-22-26(29(36)38-5-2)27(21-15-19(32)10-12-24(21)37-3)34-28(35)25(40-30(34)33-22)16-20-11-13-23(39-20)17-8-6-9-18(31)14-17/h6,8-16,27H,4-5,7H2,1-3H3/b25-16+/t27-/m1/s1. The van der Waals surface area contributed by atoms with Crippen molar-refractivity contribution in [2.24, 2.45) is 4.99 Å². The molecule has 0 aliphatic carbocycles. The van der Waals surface area contributed by atoms with Gasteiger partial charge in [0.15, 0.2) is 4.80 Å². The fourth-order valence-electron chi connectivity index (χ4n) is 4.69. The Kier molecular flexibility index (Phi) is 8.30. The molecular weight excluding hydrogens is 571 g/mol. The number of hydrogen-bond acceptors (Lipinski definition) is 7. The van der Waals surface area contributed by atoms with Gasteiger partial charge in [0, 0.05) is 27.2 Å². The van der Waals surface area contributed by atoms with Gasteiger partial charge in [0.2, 0.25) is 0 Å². The van der Waals surface area contributed by atoms with Crippen LogP contribution in [0.25, 0.3) is 17.4 Å². The molecule has 3 heterocycles. The van der Waals surface area contributed by atoms with Crippen molar-refractivity contribution in [1.82, 2.24) is 4.57 Å². The molecule has 206 valence electrons. The quantitative estimate of drug-likeness (QED) is 0.228. The molecule has 5 rings (SSSR count). The Morgan fingerprint density at radius 1 is 1.12 bits per heavy atom. The van der Waals surface area contributed by atoms with Gasteiger partial charge in [-0.1, -0.05) is 60.0 Å². The summed E-state index contributed by atoms with van der Waals surface area (Å²) in [5, 5.41) is 1.04. The van der Waals surface area contributed by atoms with Gasteiger partial charge < -0.3 is 13.9 Å². The minimum Gasteiger partial charge on any atom is -0.496 e. The molecule has 0 unspecified atom stereocenters. The van der Waals surface area contributed by atoms with Gasteiger partial charge in [0.05, 0.1) is 29.5 Å². The summed E-state index contributed by atoms with van der Waals surface area (Å²) >= 11 is 13.8. The first-order chi connectivity index (χ1) is 19.3. The number of carbonyl (C=O) groups excluding carboxylic acids is 1. The van der Waals surface area contributed by atoms with Crippen LogP contribution in [0.1, 0.15) is 44.1 Å². The van der Waals surface area contributed by atoms with Crippen molar-refractivity contribution >= 4 is 46.6 Å². The van der Waals surface area contributed by atoms with E-state index in [9.17, 15) is 9.59 Å². The van der Waals surface area contributed by atoms with Crippen LogP contribution in [0.2, 0.25) is 10.0 Å². The number of carbonyl (C=O) groups is 1. The topological polar surface area (TPSA) is 83.0 Å². The van der Waals surface area contributed by atoms with E-state index in [0.29, 0.717) is 59.9 Å². The van der Waals surface area contributed by atoms with Crippen LogP contribution in [0, 0.1) is 0 Å². The SMILES string of the molecule is CCCC1=C(C(=O)OCC)[C@@H](c2cc(Cl)ccc2OC)n2c(s/c(=C/c3ccc(-c4cccc(Cl)c4)o3)c2=O)=N1. The van der Waals surface area contributed by atoms with Crippen LogP contribution in [0.5, 0.6) is 5.75 Å². The van der Waals surface area contributed by atoms with Crippen molar-refractivity contribution in [3.8, 4) is 17.1 Å². The number of methoxy groups -OCH3 is 1. The molecule has 0 saturated heterocycles. The molecule has 0 amide bonds. The summed E-state index contributed by atoms with van der Waals surface area (Å²) in [6.45, 7) is 3.92. The first-order valence-electron chi connectivity index (χ1n) is 12.8. The first-order valence-corrected chi connectivity index (χ1v) is 14.3. The number of rotatable bonds is 8. The molecule has 0 spiro atoms. The van der Waals surface area contributed by atoms with Crippen LogP contribution in [-0.4, -0.2) is 24.3 Å². The number of allylic oxidation sites excluding steroid dienone is 1. The molecule has 1 aliphatic rings. The Balaban J connectivity index is 1.72. The highest BCUT2D eigenvalue weighted by Gasteiger charge is 2.36. The molecule has 2 aromatic heterocycles. The van der Waals surface area contributed by atoms with Gasteiger partial charge >= 0.3 is 5.97 Å². The number of halogens is 2. The van der Waals surface area contributed by atoms with Crippen LogP contribution >= 0.6 is 34.5 Å². The fourth-order valence-corrected chi connectivity index (χ4v) is 6.06. The second-order valence-corrected chi connectivity index (χ2v) is 10.9. The summed E-state index contributed by atoms with van der Waals surface area (Å²) in [6, 6.07) is 15.2. The number of fused-ring (bicyclic) bond motifs is 1. The van der Waals surface area contributed by atoms with Crippen LogP contribution in [-0.2, 0) is 9.53 Å². The minimum absolute atomic E-state index is 0.180. The second-order valence-electron chi connectivity index (χ2n) is 9.01. The minimum atomic E-state index is -0.841. The number of thiazole rings is 1. The highest BCUT2D eigenvalue weighted by Crippen LogP contribution is 2.38. The number of esters is 1. The number of ether oxygens (including phenoxy) is 2. The lowest BCUT2D eigenvalue weighted by molar-refractivity contribution is -0.139. The molecule has 1 aliphatic heterocycles. The van der Waals surface area contributed by atoms with Gasteiger partial charge in [-0.25, -0.2) is 9.79 Å². The summed E-state index contributed by atoms with van der Waals surface area (Å²) in [5.74, 6) is 1.07. The smallest absolute Gasteiger partial charge is 0.338 e. The van der Waals surface area contributed by atoms with Gasteiger partial charge in [-0.05, 0) is 55.8 Å². The maximum absolute atomic E-state index is 14.0. The third-order valence-corrected chi connectivity index (χ3v) is 7.84. The molecule has 10 heteroatoms. The lowest BCUT2D eigenvalue weighted by Crippen LogP contribution is -2.40. The Morgan fingerprint density at radius 3 is 2.65 bits per heavy atom. The van der Waals surface area contributed by atoms with Gasteiger partial charge in [-0.2, -0.15) is 0 Å². The first kappa shape index (κ1) is 28.0. The largest absolute Gasteiger partial charge is 0.496 e. The third-order valence-electron chi connectivity index (χ3n) is 6.39. The van der Waals surface area contributed by atoms with Crippen molar-refractivity contribution in [3.05, 3.63) is 107 Å². The predicted octanol–water partition coefficient (Wildman–Crippen LogP) is 6.15. The molecule has 1 atom stereocenters. The van der Waals surface area contributed by atoms with Crippen molar-refractivity contribution in [2.45, 2.75) is 32.7 Å². The van der Waals surface area contributed by atoms with E-state index < -0.39 is 12.0 Å². The summed E-state index contributed by atoms with van der Waals surface area (Å²) < 4.78 is 19.0. The highest BCUT2D eigenvalue weighted by atomic mass is 35.5. The molecule has 0 bridgehead atoms. The summed E-state index contributed by atoms with van der Waals surface area (Å²) in [7, 11) is 1.53. The van der Waals surface area contributed by atoms with E-state index in [1.165, 1.54) is 23.0 Å². The molecular formula is C30H26Cl2N2O5S. The van der Waals surface area contributed by atoms with E-state index in [1.54, 1.807) is 43.3 Å². The van der Waals surface area contributed by atoms with E-state index in [2.05, 4.69) is 0 Å². The Labute approximate surface area is 244 Å². The average Bonchev–Trinajstić information content (AvgIpc) is 3.52. The molecule has 0 fully saturated rings. The molecule has 2 aromatic carbocycles. The van der Waals surface area contributed by atoms with Crippen molar-refractivity contribution in [2.75, 3.05) is 13.7 Å². The zero-order valence-electron chi connectivity index (χ0n) is 22.1. The zero-order chi connectivity index (χ0) is 28.4. The molecule has 0 saturated carbocycles. The summed E-state index contributed by atoms with van der Waals surface area (Å²) in [4.78, 5) is 32.6. The van der Waals surface area contributed by atoms with E-state index in [-0.39, 0.29) is 12.2 Å². The molecule has 4 aromatic rings. The van der Waals surface area contributed by atoms with Crippen LogP contribution in [0.4, 0.5) is 0 Å². The molecule has 40 heavy (non-hydrogen) atoms. The summed E-state index contributed by atoms with van der Waals surface area (Å²) in [6.07, 6.45) is 2.95. The normalized spacial score (nSPS) is 15.1. The van der Waals surface area contributed by atoms with Gasteiger partial charge in [0.25, 0.3) is 5.56 Å².